The molecule has 270 valence electrons. The number of aromatic nitrogens is 3. The maximum absolute atomic E-state index is 13.1. The Bertz CT molecular complexity index is 1810. The fraction of sp³-hybridized carbons (Fsp3) is 0.476. The summed E-state index contributed by atoms with van der Waals surface area (Å²) in [7, 11) is 0. The van der Waals surface area contributed by atoms with E-state index in [-0.39, 0.29) is 41.5 Å². The van der Waals surface area contributed by atoms with Gasteiger partial charge in [0.2, 0.25) is 0 Å². The SMILES string of the molecule is Cc1ccc(-c2nc(-c3ccc(C)cc3C)nc(-c3ccc(OCC(=O)NC4CC(C)(C)N(OC5CCCCC5)C(C)(C)C4)cc3O)n2)c(C)c1. The topological polar surface area (TPSA) is 110 Å². The Morgan fingerprint density at radius 1 is 0.765 bits per heavy atom. The molecular formula is C42H53N5O4. The number of ether oxygens (including phenoxy) is 1. The summed E-state index contributed by atoms with van der Waals surface area (Å²) in [5.74, 6) is 1.53. The summed E-state index contributed by atoms with van der Waals surface area (Å²) < 4.78 is 5.89. The first kappa shape index (κ1) is 36.5. The molecule has 0 unspecified atom stereocenters. The summed E-state index contributed by atoms with van der Waals surface area (Å²) >= 11 is 0. The van der Waals surface area contributed by atoms with Crippen molar-refractivity contribution in [1.29, 1.82) is 0 Å². The molecule has 1 saturated heterocycles. The number of piperidine rings is 1. The number of aryl methyl sites for hydroxylation is 4. The number of nitrogens with zero attached hydrogens (tertiary/aromatic N) is 4. The van der Waals surface area contributed by atoms with Crippen molar-refractivity contribution in [3.05, 3.63) is 76.9 Å². The first-order valence-electron chi connectivity index (χ1n) is 18.3. The van der Waals surface area contributed by atoms with Crippen LogP contribution < -0.4 is 10.1 Å². The highest BCUT2D eigenvalue weighted by atomic mass is 16.7. The zero-order chi connectivity index (χ0) is 36.5. The Hall–Kier alpha value is -4.34. The molecule has 2 N–H and O–H groups in total. The zero-order valence-corrected chi connectivity index (χ0v) is 31.5. The Balaban J connectivity index is 1.16. The van der Waals surface area contributed by atoms with E-state index in [4.69, 9.17) is 24.5 Å². The van der Waals surface area contributed by atoms with Crippen LogP contribution in [0, 0.1) is 27.7 Å². The quantitative estimate of drug-likeness (QED) is 0.180. The third kappa shape index (κ3) is 8.42. The fourth-order valence-corrected chi connectivity index (χ4v) is 8.05. The number of hydroxylamine groups is 2. The zero-order valence-electron chi connectivity index (χ0n) is 31.5. The molecule has 9 nitrogen and oxygen atoms in total. The van der Waals surface area contributed by atoms with Crippen LogP contribution in [0.15, 0.2) is 54.6 Å². The lowest BCUT2D eigenvalue weighted by atomic mass is 9.79. The number of carbonyl (C=O) groups excluding carboxylic acids is 1. The number of amides is 1. The lowest BCUT2D eigenvalue weighted by Crippen LogP contribution is -2.65. The lowest BCUT2D eigenvalue weighted by Gasteiger charge is -2.55. The van der Waals surface area contributed by atoms with Gasteiger partial charge < -0.3 is 15.2 Å². The Morgan fingerprint density at radius 3 is 1.78 bits per heavy atom. The van der Waals surface area contributed by atoms with Crippen molar-refractivity contribution in [2.24, 2.45) is 0 Å². The van der Waals surface area contributed by atoms with Gasteiger partial charge in [-0.3, -0.25) is 9.63 Å². The molecular weight excluding hydrogens is 638 g/mol. The smallest absolute Gasteiger partial charge is 0.258 e. The summed E-state index contributed by atoms with van der Waals surface area (Å²) in [6.45, 7) is 16.8. The summed E-state index contributed by atoms with van der Waals surface area (Å²) in [5, 5.41) is 16.6. The van der Waals surface area contributed by atoms with E-state index in [1.54, 1.807) is 12.1 Å². The number of rotatable bonds is 9. The summed E-state index contributed by atoms with van der Waals surface area (Å²) in [4.78, 5) is 34.3. The average molecular weight is 692 g/mol. The number of phenols is 1. The van der Waals surface area contributed by atoms with Gasteiger partial charge in [-0.05, 0) is 104 Å². The minimum Gasteiger partial charge on any atom is -0.507 e. The van der Waals surface area contributed by atoms with Gasteiger partial charge in [0.15, 0.2) is 24.1 Å². The van der Waals surface area contributed by atoms with Crippen LogP contribution in [-0.4, -0.2) is 60.9 Å². The molecule has 2 fully saturated rings. The van der Waals surface area contributed by atoms with Crippen molar-refractivity contribution in [3.8, 4) is 45.7 Å². The number of aromatic hydroxyl groups is 1. The summed E-state index contributed by atoms with van der Waals surface area (Å²) in [5.41, 5.74) is 6.16. The predicted octanol–water partition coefficient (Wildman–Crippen LogP) is 8.59. The van der Waals surface area contributed by atoms with Crippen molar-refractivity contribution >= 4 is 5.91 Å². The van der Waals surface area contributed by atoms with Crippen molar-refractivity contribution in [3.63, 3.8) is 0 Å². The number of benzene rings is 3. The molecule has 0 radical (unpaired) electrons. The molecule has 4 aromatic rings. The van der Waals surface area contributed by atoms with Gasteiger partial charge in [0.25, 0.3) is 5.91 Å². The van der Waals surface area contributed by atoms with E-state index in [2.05, 4.69) is 64.1 Å². The Labute approximate surface area is 302 Å². The number of carbonyl (C=O) groups is 1. The maximum Gasteiger partial charge on any atom is 0.258 e. The number of hydrogen-bond acceptors (Lipinski definition) is 8. The van der Waals surface area contributed by atoms with E-state index in [1.165, 1.54) is 25.3 Å². The number of phenolic OH excluding ortho intramolecular Hbond substituents is 1. The number of nitrogens with one attached hydrogen (secondary N) is 1. The van der Waals surface area contributed by atoms with E-state index in [0.717, 1.165) is 59.1 Å². The minimum atomic E-state index is -0.245. The molecule has 0 spiro atoms. The summed E-state index contributed by atoms with van der Waals surface area (Å²) in [6.07, 6.45) is 7.75. The molecule has 2 heterocycles. The fourth-order valence-electron chi connectivity index (χ4n) is 8.05. The molecule has 3 aromatic carbocycles. The molecule has 1 aliphatic heterocycles. The van der Waals surface area contributed by atoms with Crippen LogP contribution >= 0.6 is 0 Å². The van der Waals surface area contributed by atoms with Crippen LogP contribution in [-0.2, 0) is 9.63 Å². The normalized spacial score (nSPS) is 18.0. The van der Waals surface area contributed by atoms with E-state index in [0.29, 0.717) is 28.8 Å². The van der Waals surface area contributed by atoms with Crippen molar-refractivity contribution in [2.75, 3.05) is 6.61 Å². The lowest BCUT2D eigenvalue weighted by molar-refractivity contribution is -0.310. The Kier molecular flexibility index (Phi) is 10.5. The molecule has 51 heavy (non-hydrogen) atoms. The highest BCUT2D eigenvalue weighted by Crippen LogP contribution is 2.40. The van der Waals surface area contributed by atoms with Crippen LogP contribution in [0.4, 0.5) is 0 Å². The van der Waals surface area contributed by atoms with E-state index < -0.39 is 0 Å². The van der Waals surface area contributed by atoms with Gasteiger partial charge in [0.1, 0.15) is 11.5 Å². The Morgan fingerprint density at radius 2 is 1.27 bits per heavy atom. The standard InChI is InChI=1S/C42H53N5O4/c1-26-14-17-33(28(3)20-26)38-44-39(34-18-15-27(2)21-29(34)4)46-40(45-38)35-19-16-32(22-36(35)48)50-25-37(49)43-30-23-41(5,6)47(42(7,8)24-30)51-31-12-10-9-11-13-31/h14-22,30-31,48H,9-13,23-25H2,1-8H3,(H,43,49). The minimum absolute atomic E-state index is 0.0188. The highest BCUT2D eigenvalue weighted by molar-refractivity contribution is 5.78. The second-order valence-electron chi connectivity index (χ2n) is 15.9. The van der Waals surface area contributed by atoms with Crippen LogP contribution in [0.25, 0.3) is 34.2 Å². The predicted molar refractivity (Wildman–Crippen MR) is 201 cm³/mol. The van der Waals surface area contributed by atoms with Gasteiger partial charge >= 0.3 is 0 Å². The van der Waals surface area contributed by atoms with Crippen LogP contribution in [0.3, 0.4) is 0 Å². The van der Waals surface area contributed by atoms with Gasteiger partial charge in [0.05, 0.1) is 11.7 Å². The van der Waals surface area contributed by atoms with Gasteiger partial charge in [-0.1, -0.05) is 66.8 Å². The third-order valence-corrected chi connectivity index (χ3v) is 10.2. The maximum atomic E-state index is 13.1. The van der Waals surface area contributed by atoms with Gasteiger partial charge in [-0.2, -0.15) is 5.06 Å². The molecule has 2 aliphatic rings. The first-order valence-corrected chi connectivity index (χ1v) is 18.3. The van der Waals surface area contributed by atoms with Crippen molar-refractivity contribution in [1.82, 2.24) is 25.3 Å². The molecule has 0 atom stereocenters. The molecule has 1 saturated carbocycles. The van der Waals surface area contributed by atoms with Crippen LogP contribution in [0.2, 0.25) is 0 Å². The largest absolute Gasteiger partial charge is 0.507 e. The number of hydrogen-bond donors (Lipinski definition) is 2. The summed E-state index contributed by atoms with van der Waals surface area (Å²) in [6, 6.07) is 17.3. The van der Waals surface area contributed by atoms with E-state index in [1.807, 2.05) is 38.1 Å². The van der Waals surface area contributed by atoms with Crippen molar-refractivity contribution in [2.45, 2.75) is 124 Å². The van der Waals surface area contributed by atoms with E-state index >= 15 is 0 Å². The average Bonchev–Trinajstić information content (AvgIpc) is 3.05. The van der Waals surface area contributed by atoms with E-state index in [9.17, 15) is 9.90 Å². The van der Waals surface area contributed by atoms with Crippen molar-refractivity contribution < 1.29 is 19.5 Å². The molecule has 1 aliphatic carbocycles. The molecule has 6 rings (SSSR count). The second-order valence-corrected chi connectivity index (χ2v) is 15.9. The molecule has 1 aromatic heterocycles. The molecule has 0 bridgehead atoms. The van der Waals surface area contributed by atoms with Gasteiger partial charge in [-0.25, -0.2) is 15.0 Å². The first-order chi connectivity index (χ1) is 24.2. The van der Waals surface area contributed by atoms with Crippen LogP contribution in [0.5, 0.6) is 11.5 Å². The van der Waals surface area contributed by atoms with Crippen LogP contribution in [0.1, 0.15) is 94.9 Å². The van der Waals surface area contributed by atoms with Gasteiger partial charge in [0, 0.05) is 34.3 Å². The third-order valence-electron chi connectivity index (χ3n) is 10.2. The molecule has 9 heteroatoms. The van der Waals surface area contributed by atoms with Gasteiger partial charge in [-0.15, -0.1) is 0 Å². The highest BCUT2D eigenvalue weighted by Gasteiger charge is 2.47. The second kappa shape index (κ2) is 14.7. The monoisotopic (exact) mass is 691 g/mol. The molecule has 1 amide bonds.